The Morgan fingerprint density at radius 3 is 2.57 bits per heavy atom. The summed E-state index contributed by atoms with van der Waals surface area (Å²) in [5.74, 6) is 1.65. The maximum atomic E-state index is 5.86. The highest BCUT2D eigenvalue weighted by Gasteiger charge is 2.09. The highest BCUT2D eigenvalue weighted by molar-refractivity contribution is 5.35. The van der Waals surface area contributed by atoms with E-state index in [-0.39, 0.29) is 6.04 Å². The summed E-state index contributed by atoms with van der Waals surface area (Å²) in [4.78, 5) is 0. The molecule has 0 fully saturated rings. The van der Waals surface area contributed by atoms with Crippen molar-refractivity contribution >= 4 is 0 Å². The standard InChI is InChI=1S/C18H22N2O/c1-2-3-12-20-18(14-19)15-8-7-11-17(13-15)21-16-9-5-4-6-10-16/h2,4-11,13,18,20H,1,3,12,14,19H2. The molecule has 0 aliphatic carbocycles. The molecule has 0 saturated heterocycles. The molecule has 2 aromatic rings. The summed E-state index contributed by atoms with van der Waals surface area (Å²) in [5.41, 5.74) is 6.99. The van der Waals surface area contributed by atoms with Gasteiger partial charge in [-0.25, -0.2) is 0 Å². The Hall–Kier alpha value is -2.10. The van der Waals surface area contributed by atoms with Gasteiger partial charge >= 0.3 is 0 Å². The Bertz CT molecular complexity index is 554. The normalized spacial score (nSPS) is 11.9. The summed E-state index contributed by atoms with van der Waals surface area (Å²) >= 11 is 0. The first kappa shape index (κ1) is 15.3. The SMILES string of the molecule is C=CCCNC(CN)c1cccc(Oc2ccccc2)c1. The lowest BCUT2D eigenvalue weighted by Gasteiger charge is -2.17. The van der Waals surface area contributed by atoms with Crippen molar-refractivity contribution in [2.75, 3.05) is 13.1 Å². The molecule has 0 saturated carbocycles. The molecule has 3 N–H and O–H groups in total. The molecule has 0 heterocycles. The summed E-state index contributed by atoms with van der Waals surface area (Å²) < 4.78 is 5.85. The van der Waals surface area contributed by atoms with Crippen LogP contribution in [0.15, 0.2) is 67.3 Å². The van der Waals surface area contributed by atoms with Gasteiger partial charge in [0.2, 0.25) is 0 Å². The maximum Gasteiger partial charge on any atom is 0.127 e. The van der Waals surface area contributed by atoms with Gasteiger partial charge in [-0.1, -0.05) is 36.4 Å². The lowest BCUT2D eigenvalue weighted by Crippen LogP contribution is -2.28. The van der Waals surface area contributed by atoms with Gasteiger partial charge < -0.3 is 15.8 Å². The van der Waals surface area contributed by atoms with E-state index >= 15 is 0 Å². The van der Waals surface area contributed by atoms with Gasteiger partial charge in [0.15, 0.2) is 0 Å². The zero-order chi connectivity index (χ0) is 14.9. The molecule has 0 aliphatic heterocycles. The van der Waals surface area contributed by atoms with Gasteiger partial charge in [0.05, 0.1) is 0 Å². The average molecular weight is 282 g/mol. The van der Waals surface area contributed by atoms with Crippen LogP contribution >= 0.6 is 0 Å². The van der Waals surface area contributed by atoms with Crippen LogP contribution in [-0.4, -0.2) is 13.1 Å². The summed E-state index contributed by atoms with van der Waals surface area (Å²) in [6.07, 6.45) is 2.83. The van der Waals surface area contributed by atoms with Gasteiger partial charge in [0.25, 0.3) is 0 Å². The van der Waals surface area contributed by atoms with Gasteiger partial charge in [0.1, 0.15) is 11.5 Å². The molecular weight excluding hydrogens is 260 g/mol. The molecular formula is C18H22N2O. The molecule has 1 atom stereocenters. The second kappa shape index (κ2) is 8.25. The number of nitrogens with two attached hydrogens (primary N) is 1. The number of nitrogens with one attached hydrogen (secondary N) is 1. The van der Waals surface area contributed by atoms with Crippen LogP contribution < -0.4 is 15.8 Å². The van der Waals surface area contributed by atoms with E-state index in [1.165, 1.54) is 0 Å². The number of hydrogen-bond acceptors (Lipinski definition) is 3. The van der Waals surface area contributed by atoms with Crippen molar-refractivity contribution in [3.63, 3.8) is 0 Å². The van der Waals surface area contributed by atoms with E-state index < -0.39 is 0 Å². The fraction of sp³-hybridized carbons (Fsp3) is 0.222. The third kappa shape index (κ3) is 4.74. The first-order valence-electron chi connectivity index (χ1n) is 7.20. The number of hydrogen-bond donors (Lipinski definition) is 2. The minimum atomic E-state index is 0.129. The van der Waals surface area contributed by atoms with Crippen LogP contribution in [-0.2, 0) is 0 Å². The van der Waals surface area contributed by atoms with Gasteiger partial charge in [-0.05, 0) is 42.8 Å². The average Bonchev–Trinajstić information content (AvgIpc) is 2.53. The molecule has 110 valence electrons. The molecule has 0 amide bonds. The Morgan fingerprint density at radius 2 is 1.86 bits per heavy atom. The summed E-state index contributed by atoms with van der Waals surface area (Å²) in [6.45, 7) is 5.14. The molecule has 3 nitrogen and oxygen atoms in total. The van der Waals surface area contributed by atoms with Crippen molar-refractivity contribution in [3.05, 3.63) is 72.8 Å². The van der Waals surface area contributed by atoms with Crippen LogP contribution in [0.2, 0.25) is 0 Å². The van der Waals surface area contributed by atoms with Gasteiger partial charge in [0, 0.05) is 12.6 Å². The molecule has 0 bridgehead atoms. The lowest BCUT2D eigenvalue weighted by atomic mass is 10.1. The van der Waals surface area contributed by atoms with E-state index in [1.54, 1.807) is 0 Å². The molecule has 0 aromatic heterocycles. The summed E-state index contributed by atoms with van der Waals surface area (Å²) in [6, 6.07) is 17.9. The van der Waals surface area contributed by atoms with E-state index in [0.717, 1.165) is 30.0 Å². The molecule has 1 unspecified atom stereocenters. The van der Waals surface area contributed by atoms with Crippen molar-refractivity contribution in [1.29, 1.82) is 0 Å². The summed E-state index contributed by atoms with van der Waals surface area (Å²) in [5, 5.41) is 3.43. The van der Waals surface area contributed by atoms with Gasteiger partial charge in [-0.2, -0.15) is 0 Å². The maximum absolute atomic E-state index is 5.86. The minimum Gasteiger partial charge on any atom is -0.457 e. The van der Waals surface area contributed by atoms with Crippen molar-refractivity contribution < 1.29 is 4.74 Å². The van der Waals surface area contributed by atoms with E-state index in [4.69, 9.17) is 10.5 Å². The van der Waals surface area contributed by atoms with Crippen LogP contribution in [0.1, 0.15) is 18.0 Å². The number of rotatable bonds is 8. The molecule has 3 heteroatoms. The Kier molecular flexibility index (Phi) is 6.00. The largest absolute Gasteiger partial charge is 0.457 e. The third-order valence-electron chi connectivity index (χ3n) is 3.21. The highest BCUT2D eigenvalue weighted by Crippen LogP contribution is 2.24. The zero-order valence-electron chi connectivity index (χ0n) is 12.2. The first-order valence-corrected chi connectivity index (χ1v) is 7.20. The quantitative estimate of drug-likeness (QED) is 0.574. The lowest BCUT2D eigenvalue weighted by molar-refractivity contribution is 0.478. The van der Waals surface area contributed by atoms with Crippen LogP contribution in [0.4, 0.5) is 0 Å². The molecule has 21 heavy (non-hydrogen) atoms. The Labute approximate surface area is 126 Å². The summed E-state index contributed by atoms with van der Waals surface area (Å²) in [7, 11) is 0. The van der Waals surface area contributed by atoms with Gasteiger partial charge in [-0.3, -0.25) is 0 Å². The number of ether oxygens (including phenoxy) is 1. The van der Waals surface area contributed by atoms with Crippen molar-refractivity contribution in [1.82, 2.24) is 5.32 Å². The van der Waals surface area contributed by atoms with Crippen LogP contribution in [0.5, 0.6) is 11.5 Å². The smallest absolute Gasteiger partial charge is 0.127 e. The number of benzene rings is 2. The fourth-order valence-corrected chi connectivity index (χ4v) is 2.12. The van der Waals surface area contributed by atoms with E-state index in [0.29, 0.717) is 6.54 Å². The molecule has 0 radical (unpaired) electrons. The Morgan fingerprint density at radius 1 is 1.10 bits per heavy atom. The van der Waals surface area contributed by atoms with E-state index in [1.807, 2.05) is 54.6 Å². The Balaban J connectivity index is 2.07. The molecule has 0 spiro atoms. The predicted molar refractivity (Wildman–Crippen MR) is 87.6 cm³/mol. The monoisotopic (exact) mass is 282 g/mol. The van der Waals surface area contributed by atoms with Crippen LogP contribution in [0.3, 0.4) is 0 Å². The first-order chi connectivity index (χ1) is 10.3. The third-order valence-corrected chi connectivity index (χ3v) is 3.21. The van der Waals surface area contributed by atoms with E-state index in [2.05, 4.69) is 18.0 Å². The molecule has 2 aromatic carbocycles. The fourth-order valence-electron chi connectivity index (χ4n) is 2.12. The van der Waals surface area contributed by atoms with Gasteiger partial charge in [-0.15, -0.1) is 6.58 Å². The molecule has 2 rings (SSSR count). The minimum absolute atomic E-state index is 0.129. The number of para-hydroxylation sites is 1. The highest BCUT2D eigenvalue weighted by atomic mass is 16.5. The molecule has 0 aliphatic rings. The van der Waals surface area contributed by atoms with Crippen LogP contribution in [0.25, 0.3) is 0 Å². The van der Waals surface area contributed by atoms with E-state index in [9.17, 15) is 0 Å². The second-order valence-corrected chi connectivity index (χ2v) is 4.81. The van der Waals surface area contributed by atoms with Crippen LogP contribution in [0, 0.1) is 0 Å². The topological polar surface area (TPSA) is 47.3 Å². The van der Waals surface area contributed by atoms with Crippen molar-refractivity contribution in [3.8, 4) is 11.5 Å². The van der Waals surface area contributed by atoms with Crippen molar-refractivity contribution in [2.24, 2.45) is 5.73 Å². The van der Waals surface area contributed by atoms with Crippen molar-refractivity contribution in [2.45, 2.75) is 12.5 Å². The predicted octanol–water partition coefficient (Wildman–Crippen LogP) is 3.64. The zero-order valence-corrected chi connectivity index (χ0v) is 12.2. The second-order valence-electron chi connectivity index (χ2n) is 4.81.